The summed E-state index contributed by atoms with van der Waals surface area (Å²) < 4.78 is 5.24. The molecule has 0 N–H and O–H groups in total. The zero-order valence-electron chi connectivity index (χ0n) is 14.0. The van der Waals surface area contributed by atoms with Crippen molar-refractivity contribution in [1.29, 1.82) is 0 Å². The number of likely N-dealkylation sites (tertiary alicyclic amines) is 1. The third-order valence-electron chi connectivity index (χ3n) is 4.85. The van der Waals surface area contributed by atoms with Gasteiger partial charge in [0.25, 0.3) is 0 Å². The minimum Gasteiger partial charge on any atom is -0.497 e. The average Bonchev–Trinajstić information content (AvgIpc) is 2.53. The maximum Gasteiger partial charge on any atom is 0.118 e. The third kappa shape index (κ3) is 5.03. The van der Waals surface area contributed by atoms with Gasteiger partial charge >= 0.3 is 0 Å². The Morgan fingerprint density at radius 2 is 1.67 bits per heavy atom. The standard InChI is InChI=1S/C19H31NO/c1-19(2,17-9-11-18(21-3)12-10-17)13-5-8-16-20-14-6-4-7-15-20/h9-12H,4-8,13-16H2,1-3H3. The van der Waals surface area contributed by atoms with Crippen molar-refractivity contribution >= 4 is 0 Å². The van der Waals surface area contributed by atoms with Gasteiger partial charge in [-0.05, 0) is 68.4 Å². The highest BCUT2D eigenvalue weighted by Crippen LogP contribution is 2.30. The van der Waals surface area contributed by atoms with Gasteiger partial charge in [-0.15, -0.1) is 0 Å². The van der Waals surface area contributed by atoms with Crippen molar-refractivity contribution in [3.63, 3.8) is 0 Å². The molecule has 0 unspecified atom stereocenters. The molecule has 2 nitrogen and oxygen atoms in total. The lowest BCUT2D eigenvalue weighted by atomic mass is 9.80. The van der Waals surface area contributed by atoms with Crippen molar-refractivity contribution in [3.8, 4) is 5.75 Å². The molecule has 118 valence electrons. The van der Waals surface area contributed by atoms with Gasteiger partial charge in [-0.1, -0.05) is 38.8 Å². The van der Waals surface area contributed by atoms with E-state index in [9.17, 15) is 0 Å². The van der Waals surface area contributed by atoms with Gasteiger partial charge in [-0.25, -0.2) is 0 Å². The molecule has 0 radical (unpaired) electrons. The average molecular weight is 289 g/mol. The molecule has 0 saturated carbocycles. The molecule has 2 heteroatoms. The number of benzene rings is 1. The number of hydrogen-bond acceptors (Lipinski definition) is 2. The summed E-state index contributed by atoms with van der Waals surface area (Å²) in [6.45, 7) is 8.65. The Bertz CT molecular complexity index is 404. The monoisotopic (exact) mass is 289 g/mol. The van der Waals surface area contributed by atoms with E-state index in [-0.39, 0.29) is 5.41 Å². The molecular formula is C19H31NO. The van der Waals surface area contributed by atoms with Crippen LogP contribution in [0.25, 0.3) is 0 Å². The predicted molar refractivity (Wildman–Crippen MR) is 90.2 cm³/mol. The first kappa shape index (κ1) is 16.4. The fourth-order valence-electron chi connectivity index (χ4n) is 3.27. The Labute approximate surface area is 130 Å². The lowest BCUT2D eigenvalue weighted by Crippen LogP contribution is -2.30. The molecule has 21 heavy (non-hydrogen) atoms. The van der Waals surface area contributed by atoms with Gasteiger partial charge in [0.05, 0.1) is 7.11 Å². The predicted octanol–water partition coefficient (Wildman–Crippen LogP) is 4.63. The second kappa shape index (κ2) is 7.84. The van der Waals surface area contributed by atoms with E-state index in [0.29, 0.717) is 0 Å². The molecule has 0 amide bonds. The topological polar surface area (TPSA) is 12.5 Å². The van der Waals surface area contributed by atoms with Crippen molar-refractivity contribution in [2.24, 2.45) is 0 Å². The first-order valence-corrected chi connectivity index (χ1v) is 8.49. The van der Waals surface area contributed by atoms with Crippen LogP contribution in [0.2, 0.25) is 0 Å². The summed E-state index contributed by atoms with van der Waals surface area (Å²) >= 11 is 0. The second-order valence-electron chi connectivity index (χ2n) is 6.97. The highest BCUT2D eigenvalue weighted by molar-refractivity contribution is 5.31. The van der Waals surface area contributed by atoms with Crippen molar-refractivity contribution in [3.05, 3.63) is 29.8 Å². The van der Waals surface area contributed by atoms with E-state index in [1.807, 2.05) is 0 Å². The molecule has 1 aliphatic rings. The van der Waals surface area contributed by atoms with Gasteiger partial charge in [0.2, 0.25) is 0 Å². The molecule has 0 aliphatic carbocycles. The lowest BCUT2D eigenvalue weighted by molar-refractivity contribution is 0.222. The van der Waals surface area contributed by atoms with Crippen LogP contribution in [0.3, 0.4) is 0 Å². The molecule has 0 aromatic heterocycles. The van der Waals surface area contributed by atoms with Crippen LogP contribution in [0.1, 0.15) is 57.9 Å². The molecule has 0 atom stereocenters. The van der Waals surface area contributed by atoms with E-state index in [1.165, 1.54) is 63.7 Å². The lowest BCUT2D eigenvalue weighted by Gasteiger charge is -2.28. The minimum absolute atomic E-state index is 0.258. The molecule has 2 rings (SSSR count). The van der Waals surface area contributed by atoms with E-state index >= 15 is 0 Å². The van der Waals surface area contributed by atoms with Gasteiger partial charge in [-0.2, -0.15) is 0 Å². The molecular weight excluding hydrogens is 258 g/mol. The summed E-state index contributed by atoms with van der Waals surface area (Å²) in [6.07, 6.45) is 8.14. The first-order chi connectivity index (χ1) is 10.1. The van der Waals surface area contributed by atoms with E-state index in [0.717, 1.165) is 5.75 Å². The quantitative estimate of drug-likeness (QED) is 0.679. The number of hydrogen-bond donors (Lipinski definition) is 0. The molecule has 0 bridgehead atoms. The molecule has 0 spiro atoms. The number of unbranched alkanes of at least 4 members (excludes halogenated alkanes) is 1. The second-order valence-corrected chi connectivity index (χ2v) is 6.97. The number of methoxy groups -OCH3 is 1. The zero-order chi connectivity index (χ0) is 15.1. The normalized spacial score (nSPS) is 16.9. The van der Waals surface area contributed by atoms with Crippen LogP contribution in [0.4, 0.5) is 0 Å². The molecule has 1 fully saturated rings. The van der Waals surface area contributed by atoms with Crippen molar-refractivity contribution in [2.75, 3.05) is 26.7 Å². The van der Waals surface area contributed by atoms with Crippen LogP contribution >= 0.6 is 0 Å². The minimum atomic E-state index is 0.258. The van der Waals surface area contributed by atoms with E-state index < -0.39 is 0 Å². The van der Waals surface area contributed by atoms with Crippen LogP contribution < -0.4 is 4.74 Å². The van der Waals surface area contributed by atoms with Crippen LogP contribution in [0.5, 0.6) is 5.75 Å². The molecule has 1 aromatic rings. The van der Waals surface area contributed by atoms with E-state index in [4.69, 9.17) is 4.74 Å². The van der Waals surface area contributed by atoms with Gasteiger partial charge < -0.3 is 9.64 Å². The maximum atomic E-state index is 5.24. The third-order valence-corrected chi connectivity index (χ3v) is 4.85. The molecule has 1 aliphatic heterocycles. The Morgan fingerprint density at radius 1 is 1.00 bits per heavy atom. The Morgan fingerprint density at radius 3 is 2.29 bits per heavy atom. The fourth-order valence-corrected chi connectivity index (χ4v) is 3.27. The van der Waals surface area contributed by atoms with Crippen LogP contribution in [0, 0.1) is 0 Å². The summed E-state index contributed by atoms with van der Waals surface area (Å²) in [4.78, 5) is 2.64. The zero-order valence-corrected chi connectivity index (χ0v) is 14.0. The number of nitrogens with zero attached hydrogens (tertiary/aromatic N) is 1. The van der Waals surface area contributed by atoms with E-state index in [1.54, 1.807) is 7.11 Å². The van der Waals surface area contributed by atoms with E-state index in [2.05, 4.69) is 43.0 Å². The smallest absolute Gasteiger partial charge is 0.118 e. The summed E-state index contributed by atoms with van der Waals surface area (Å²) in [7, 11) is 1.72. The van der Waals surface area contributed by atoms with Crippen molar-refractivity contribution in [1.82, 2.24) is 4.90 Å². The summed E-state index contributed by atoms with van der Waals surface area (Å²) in [6, 6.07) is 8.57. The Hall–Kier alpha value is -1.02. The maximum absolute atomic E-state index is 5.24. The van der Waals surface area contributed by atoms with Crippen molar-refractivity contribution in [2.45, 2.75) is 57.8 Å². The van der Waals surface area contributed by atoms with Crippen LogP contribution in [-0.4, -0.2) is 31.6 Å². The van der Waals surface area contributed by atoms with Gasteiger partial charge in [0.15, 0.2) is 0 Å². The highest BCUT2D eigenvalue weighted by atomic mass is 16.5. The first-order valence-electron chi connectivity index (χ1n) is 8.49. The van der Waals surface area contributed by atoms with Crippen LogP contribution in [-0.2, 0) is 5.41 Å². The van der Waals surface area contributed by atoms with Crippen molar-refractivity contribution < 1.29 is 4.74 Å². The van der Waals surface area contributed by atoms with Crippen LogP contribution in [0.15, 0.2) is 24.3 Å². The van der Waals surface area contributed by atoms with Gasteiger partial charge in [0, 0.05) is 0 Å². The summed E-state index contributed by atoms with van der Waals surface area (Å²) in [5, 5.41) is 0. The number of ether oxygens (including phenoxy) is 1. The summed E-state index contributed by atoms with van der Waals surface area (Å²) in [5.74, 6) is 0.944. The fraction of sp³-hybridized carbons (Fsp3) is 0.684. The van der Waals surface area contributed by atoms with Gasteiger partial charge in [-0.3, -0.25) is 0 Å². The molecule has 1 heterocycles. The summed E-state index contributed by atoms with van der Waals surface area (Å²) in [5.41, 5.74) is 1.68. The number of rotatable bonds is 7. The largest absolute Gasteiger partial charge is 0.497 e. The Kier molecular flexibility index (Phi) is 6.10. The number of piperidine rings is 1. The van der Waals surface area contributed by atoms with Gasteiger partial charge in [0.1, 0.15) is 5.75 Å². The molecule has 1 aromatic carbocycles. The molecule has 1 saturated heterocycles. The Balaban J connectivity index is 1.74. The highest BCUT2D eigenvalue weighted by Gasteiger charge is 2.20. The SMILES string of the molecule is COc1ccc(C(C)(C)CCCCN2CCCCC2)cc1.